The van der Waals surface area contributed by atoms with E-state index < -0.39 is 0 Å². The van der Waals surface area contributed by atoms with Gasteiger partial charge in [-0.3, -0.25) is 4.79 Å². The van der Waals surface area contributed by atoms with Gasteiger partial charge in [-0.15, -0.1) is 0 Å². The number of likely N-dealkylation sites (N-methyl/N-ethyl adjacent to an activating group) is 1. The molecule has 0 unspecified atom stereocenters. The fraction of sp³-hybridized carbons (Fsp3) is 0.500. The third-order valence-corrected chi connectivity index (χ3v) is 3.97. The van der Waals surface area contributed by atoms with Crippen molar-refractivity contribution in [2.45, 2.75) is 25.3 Å². The first-order valence-corrected chi connectivity index (χ1v) is 6.35. The van der Waals surface area contributed by atoms with E-state index in [0.717, 1.165) is 25.1 Å². The average molecular weight is 230 g/mol. The molecule has 3 heteroatoms. The minimum atomic E-state index is 0.159. The molecule has 1 heterocycles. The zero-order valence-corrected chi connectivity index (χ0v) is 10.2. The van der Waals surface area contributed by atoms with E-state index in [4.69, 9.17) is 0 Å². The van der Waals surface area contributed by atoms with Crippen molar-refractivity contribution in [3.63, 3.8) is 0 Å². The Morgan fingerprint density at radius 1 is 1.29 bits per heavy atom. The van der Waals surface area contributed by atoms with E-state index in [0.29, 0.717) is 6.04 Å². The van der Waals surface area contributed by atoms with Gasteiger partial charge in [0.25, 0.3) is 5.91 Å². The molecule has 0 radical (unpaired) electrons. The highest BCUT2D eigenvalue weighted by Gasteiger charge is 2.26. The van der Waals surface area contributed by atoms with Crippen LogP contribution in [0.3, 0.4) is 0 Å². The van der Waals surface area contributed by atoms with Gasteiger partial charge in [0.2, 0.25) is 0 Å². The molecule has 1 N–H and O–H groups in total. The number of amides is 1. The number of rotatable bonds is 2. The Hall–Kier alpha value is -1.35. The molecule has 1 fully saturated rings. The first-order valence-electron chi connectivity index (χ1n) is 6.35. The maximum atomic E-state index is 12.3. The third-order valence-electron chi connectivity index (χ3n) is 3.97. The summed E-state index contributed by atoms with van der Waals surface area (Å²) in [5.74, 6) is 0.159. The molecule has 17 heavy (non-hydrogen) atoms. The lowest BCUT2D eigenvalue weighted by molar-refractivity contribution is 0.0681. The summed E-state index contributed by atoms with van der Waals surface area (Å²) in [6.45, 7) is 1.85. The maximum Gasteiger partial charge on any atom is 0.253 e. The van der Waals surface area contributed by atoms with E-state index >= 15 is 0 Å². The van der Waals surface area contributed by atoms with Crippen LogP contribution >= 0.6 is 0 Å². The predicted molar refractivity (Wildman–Crippen MR) is 67.2 cm³/mol. The summed E-state index contributed by atoms with van der Waals surface area (Å²) in [4.78, 5) is 14.1. The molecule has 1 aromatic rings. The molecular weight excluding hydrogens is 212 g/mol. The van der Waals surface area contributed by atoms with Crippen LogP contribution in [-0.4, -0.2) is 37.0 Å². The van der Waals surface area contributed by atoms with Gasteiger partial charge in [-0.2, -0.15) is 0 Å². The summed E-state index contributed by atoms with van der Waals surface area (Å²) < 4.78 is 0. The van der Waals surface area contributed by atoms with Crippen molar-refractivity contribution in [2.24, 2.45) is 0 Å². The highest BCUT2D eigenvalue weighted by molar-refractivity contribution is 5.94. The molecule has 1 saturated heterocycles. The highest BCUT2D eigenvalue weighted by Crippen LogP contribution is 2.23. The van der Waals surface area contributed by atoms with Crippen molar-refractivity contribution in [3.8, 4) is 0 Å². The molecule has 2 aliphatic rings. The second-order valence-corrected chi connectivity index (χ2v) is 5.07. The van der Waals surface area contributed by atoms with E-state index in [1.54, 1.807) is 0 Å². The number of hydrogen-bond donors (Lipinski definition) is 1. The number of hydrogen-bond acceptors (Lipinski definition) is 2. The molecule has 3 rings (SSSR count). The summed E-state index contributed by atoms with van der Waals surface area (Å²) in [6.07, 6.45) is 3.53. The van der Waals surface area contributed by atoms with Gasteiger partial charge >= 0.3 is 0 Å². The number of benzene rings is 1. The molecule has 0 bridgehead atoms. The first-order chi connectivity index (χ1) is 8.25. The maximum absolute atomic E-state index is 12.3. The topological polar surface area (TPSA) is 32.3 Å². The summed E-state index contributed by atoms with van der Waals surface area (Å²) in [6, 6.07) is 6.57. The average Bonchev–Trinajstić information content (AvgIpc) is 2.72. The first kappa shape index (κ1) is 10.8. The largest absolute Gasteiger partial charge is 0.336 e. The van der Waals surface area contributed by atoms with Gasteiger partial charge in [0.1, 0.15) is 0 Å². The molecule has 0 atom stereocenters. The van der Waals surface area contributed by atoms with Crippen LogP contribution in [0.2, 0.25) is 0 Å². The summed E-state index contributed by atoms with van der Waals surface area (Å²) in [5, 5.41) is 3.20. The van der Waals surface area contributed by atoms with Crippen LogP contribution in [0, 0.1) is 0 Å². The number of nitrogens with zero attached hydrogens (tertiary/aromatic N) is 1. The summed E-state index contributed by atoms with van der Waals surface area (Å²) >= 11 is 0. The van der Waals surface area contributed by atoms with E-state index in [1.165, 1.54) is 24.0 Å². The van der Waals surface area contributed by atoms with Crippen molar-refractivity contribution < 1.29 is 4.79 Å². The minimum absolute atomic E-state index is 0.159. The van der Waals surface area contributed by atoms with Gasteiger partial charge in [0.05, 0.1) is 6.04 Å². The van der Waals surface area contributed by atoms with Gasteiger partial charge in [0.15, 0.2) is 0 Å². The quantitative estimate of drug-likeness (QED) is 0.828. The van der Waals surface area contributed by atoms with Gasteiger partial charge in [-0.25, -0.2) is 0 Å². The summed E-state index contributed by atoms with van der Waals surface area (Å²) in [7, 11) is 1.90. The fourth-order valence-corrected chi connectivity index (χ4v) is 2.62. The standard InChI is InChI=1S/C14H18N2O/c1-16(13-8-15-9-13)14(17)12-6-5-10-3-2-4-11(10)7-12/h5-7,13,15H,2-4,8-9H2,1H3. The van der Waals surface area contributed by atoms with Crippen LogP contribution in [0.5, 0.6) is 0 Å². The Balaban J connectivity index is 1.81. The van der Waals surface area contributed by atoms with Crippen LogP contribution in [0.1, 0.15) is 27.9 Å². The molecule has 1 aromatic carbocycles. The van der Waals surface area contributed by atoms with Crippen molar-refractivity contribution >= 4 is 5.91 Å². The van der Waals surface area contributed by atoms with Crippen LogP contribution < -0.4 is 5.32 Å². The molecule has 1 amide bonds. The number of fused-ring (bicyclic) bond motifs is 1. The number of carbonyl (C=O) groups excluding carboxylic acids is 1. The zero-order valence-electron chi connectivity index (χ0n) is 10.2. The molecular formula is C14H18N2O. The van der Waals surface area contributed by atoms with Gasteiger partial charge in [-0.05, 0) is 42.5 Å². The van der Waals surface area contributed by atoms with E-state index in [-0.39, 0.29) is 5.91 Å². The lowest BCUT2D eigenvalue weighted by Gasteiger charge is -2.35. The Morgan fingerprint density at radius 3 is 2.76 bits per heavy atom. The molecule has 0 spiro atoms. The monoisotopic (exact) mass is 230 g/mol. The highest BCUT2D eigenvalue weighted by atomic mass is 16.2. The van der Waals surface area contributed by atoms with Crippen LogP contribution in [0.4, 0.5) is 0 Å². The molecule has 1 aliphatic carbocycles. The minimum Gasteiger partial charge on any atom is -0.336 e. The number of nitrogens with one attached hydrogen (secondary N) is 1. The lowest BCUT2D eigenvalue weighted by Crippen LogP contribution is -2.57. The molecule has 0 saturated carbocycles. The number of carbonyl (C=O) groups is 1. The van der Waals surface area contributed by atoms with Crippen LogP contribution in [0.15, 0.2) is 18.2 Å². The van der Waals surface area contributed by atoms with Gasteiger partial charge in [-0.1, -0.05) is 6.07 Å². The zero-order chi connectivity index (χ0) is 11.8. The number of aryl methyl sites for hydroxylation is 2. The third kappa shape index (κ3) is 1.84. The molecule has 3 nitrogen and oxygen atoms in total. The van der Waals surface area contributed by atoms with E-state index in [9.17, 15) is 4.79 Å². The second kappa shape index (κ2) is 4.15. The smallest absolute Gasteiger partial charge is 0.253 e. The fourth-order valence-electron chi connectivity index (χ4n) is 2.62. The van der Waals surface area contributed by atoms with Crippen molar-refractivity contribution in [1.29, 1.82) is 0 Å². The lowest BCUT2D eigenvalue weighted by atomic mass is 10.0. The van der Waals surface area contributed by atoms with E-state index in [1.807, 2.05) is 18.0 Å². The molecule has 90 valence electrons. The van der Waals surface area contributed by atoms with Crippen molar-refractivity contribution in [1.82, 2.24) is 10.2 Å². The summed E-state index contributed by atoms with van der Waals surface area (Å²) in [5.41, 5.74) is 3.64. The SMILES string of the molecule is CN(C(=O)c1ccc2c(c1)CCC2)C1CNC1. The van der Waals surface area contributed by atoms with Crippen molar-refractivity contribution in [2.75, 3.05) is 20.1 Å². The van der Waals surface area contributed by atoms with Crippen molar-refractivity contribution in [3.05, 3.63) is 34.9 Å². The normalized spacial score (nSPS) is 18.6. The second-order valence-electron chi connectivity index (χ2n) is 5.07. The molecule has 0 aromatic heterocycles. The van der Waals surface area contributed by atoms with Crippen LogP contribution in [-0.2, 0) is 12.8 Å². The van der Waals surface area contributed by atoms with Crippen LogP contribution in [0.25, 0.3) is 0 Å². The Bertz CT molecular complexity index is 452. The van der Waals surface area contributed by atoms with E-state index in [2.05, 4.69) is 17.4 Å². The van der Waals surface area contributed by atoms with Gasteiger partial charge in [0, 0.05) is 25.7 Å². The Kier molecular flexibility index (Phi) is 2.63. The Morgan fingerprint density at radius 2 is 2.06 bits per heavy atom. The molecule has 1 aliphatic heterocycles. The van der Waals surface area contributed by atoms with Gasteiger partial charge < -0.3 is 10.2 Å². The predicted octanol–water partition coefficient (Wildman–Crippen LogP) is 1.22. The Labute approximate surface area is 102 Å².